The van der Waals surface area contributed by atoms with Crippen molar-refractivity contribution in [2.75, 3.05) is 14.2 Å². The van der Waals surface area contributed by atoms with Crippen LogP contribution in [-0.4, -0.2) is 24.4 Å². The van der Waals surface area contributed by atoms with Crippen LogP contribution >= 0.6 is 0 Å². The normalized spacial score (nSPS) is 12.3. The molecular formula is C11H16O4. The van der Waals surface area contributed by atoms with E-state index in [4.69, 9.17) is 9.47 Å². The van der Waals surface area contributed by atoms with Crippen molar-refractivity contribution in [2.45, 2.75) is 19.4 Å². The molecule has 0 spiro atoms. The summed E-state index contributed by atoms with van der Waals surface area (Å²) in [4.78, 5) is 0. The van der Waals surface area contributed by atoms with Gasteiger partial charge in [-0.1, -0.05) is 6.92 Å². The van der Waals surface area contributed by atoms with E-state index in [1.165, 1.54) is 14.2 Å². The van der Waals surface area contributed by atoms with E-state index in [1.807, 2.05) is 6.92 Å². The molecule has 0 heterocycles. The fraction of sp³-hybridized carbons (Fsp3) is 0.455. The quantitative estimate of drug-likeness (QED) is 0.799. The number of methoxy groups -OCH3 is 2. The van der Waals surface area contributed by atoms with Crippen molar-refractivity contribution in [2.24, 2.45) is 0 Å². The lowest BCUT2D eigenvalue weighted by atomic mass is 10.1. The van der Waals surface area contributed by atoms with Crippen molar-refractivity contribution in [3.05, 3.63) is 17.7 Å². The summed E-state index contributed by atoms with van der Waals surface area (Å²) in [6.07, 6.45) is -0.159. The van der Waals surface area contributed by atoms with Crippen molar-refractivity contribution in [3.8, 4) is 17.2 Å². The molecule has 4 nitrogen and oxygen atoms in total. The van der Waals surface area contributed by atoms with Gasteiger partial charge >= 0.3 is 0 Å². The second-order valence-electron chi connectivity index (χ2n) is 3.16. The van der Waals surface area contributed by atoms with Gasteiger partial charge in [0.15, 0.2) is 11.5 Å². The molecule has 4 heteroatoms. The van der Waals surface area contributed by atoms with Gasteiger partial charge in [-0.2, -0.15) is 0 Å². The van der Waals surface area contributed by atoms with E-state index in [0.717, 1.165) is 0 Å². The average Bonchev–Trinajstić information content (AvgIpc) is 2.27. The van der Waals surface area contributed by atoms with Crippen molar-refractivity contribution in [1.29, 1.82) is 0 Å². The van der Waals surface area contributed by atoms with Gasteiger partial charge in [0.1, 0.15) is 0 Å². The number of phenolic OH excluding ortho intramolecular Hbond substituents is 1. The Labute approximate surface area is 89.1 Å². The largest absolute Gasteiger partial charge is 0.504 e. The molecule has 1 aromatic rings. The van der Waals surface area contributed by atoms with Crippen LogP contribution in [0.5, 0.6) is 17.2 Å². The zero-order valence-electron chi connectivity index (χ0n) is 9.15. The maximum atomic E-state index is 9.84. The second-order valence-corrected chi connectivity index (χ2v) is 3.16. The molecule has 1 unspecified atom stereocenters. The molecule has 0 aliphatic rings. The van der Waals surface area contributed by atoms with Crippen LogP contribution in [0.25, 0.3) is 0 Å². The summed E-state index contributed by atoms with van der Waals surface area (Å²) >= 11 is 0. The third-order valence-electron chi connectivity index (χ3n) is 2.30. The lowest BCUT2D eigenvalue weighted by Gasteiger charge is -2.15. The molecule has 2 N–H and O–H groups in total. The summed E-state index contributed by atoms with van der Waals surface area (Å²) < 4.78 is 10.0. The number of phenols is 1. The molecule has 0 aromatic heterocycles. The van der Waals surface area contributed by atoms with Gasteiger partial charge in [0.2, 0.25) is 5.75 Å². The highest BCUT2D eigenvalue weighted by Crippen LogP contribution is 2.41. The molecule has 1 aromatic carbocycles. The molecule has 0 aliphatic heterocycles. The minimum atomic E-state index is -0.690. The Hall–Kier alpha value is -1.42. The van der Waals surface area contributed by atoms with E-state index in [-0.39, 0.29) is 11.5 Å². The van der Waals surface area contributed by atoms with Gasteiger partial charge in [0, 0.05) is 5.56 Å². The van der Waals surface area contributed by atoms with Gasteiger partial charge in [-0.3, -0.25) is 0 Å². The summed E-state index contributed by atoms with van der Waals surface area (Å²) in [5, 5.41) is 19.5. The predicted molar refractivity (Wildman–Crippen MR) is 56.5 cm³/mol. The third-order valence-corrected chi connectivity index (χ3v) is 2.30. The first-order chi connectivity index (χ1) is 7.15. The number of aromatic hydroxyl groups is 1. The summed E-state index contributed by atoms with van der Waals surface area (Å²) in [6, 6.07) is 3.29. The SMILES string of the molecule is CCC(O)c1ccc(OC)c(OC)c1O. The Morgan fingerprint density at radius 3 is 2.40 bits per heavy atom. The highest BCUT2D eigenvalue weighted by Gasteiger charge is 2.17. The molecule has 0 fully saturated rings. The lowest BCUT2D eigenvalue weighted by molar-refractivity contribution is 0.168. The number of ether oxygens (including phenoxy) is 2. The van der Waals surface area contributed by atoms with E-state index in [2.05, 4.69) is 0 Å². The van der Waals surface area contributed by atoms with E-state index in [1.54, 1.807) is 12.1 Å². The average molecular weight is 212 g/mol. The minimum Gasteiger partial charge on any atom is -0.504 e. The van der Waals surface area contributed by atoms with Gasteiger partial charge in [0.25, 0.3) is 0 Å². The Bertz CT molecular complexity index is 336. The van der Waals surface area contributed by atoms with Crippen LogP contribution in [-0.2, 0) is 0 Å². The molecule has 1 rings (SSSR count). The molecule has 0 saturated heterocycles. The van der Waals surface area contributed by atoms with Crippen molar-refractivity contribution in [1.82, 2.24) is 0 Å². The molecule has 0 saturated carbocycles. The molecular weight excluding hydrogens is 196 g/mol. The van der Waals surface area contributed by atoms with E-state index in [9.17, 15) is 10.2 Å². The van der Waals surface area contributed by atoms with E-state index >= 15 is 0 Å². The fourth-order valence-electron chi connectivity index (χ4n) is 1.41. The lowest BCUT2D eigenvalue weighted by Crippen LogP contribution is -1.99. The zero-order valence-corrected chi connectivity index (χ0v) is 9.15. The Morgan fingerprint density at radius 2 is 1.93 bits per heavy atom. The maximum Gasteiger partial charge on any atom is 0.203 e. The molecule has 15 heavy (non-hydrogen) atoms. The maximum absolute atomic E-state index is 9.84. The highest BCUT2D eigenvalue weighted by atomic mass is 16.5. The molecule has 84 valence electrons. The number of aliphatic hydroxyl groups is 1. The third kappa shape index (κ3) is 2.15. The van der Waals surface area contributed by atoms with Gasteiger partial charge in [0.05, 0.1) is 20.3 Å². The number of hydrogen-bond donors (Lipinski definition) is 2. The first kappa shape index (κ1) is 11.7. The first-order valence-electron chi connectivity index (χ1n) is 4.77. The Balaban J connectivity index is 3.22. The van der Waals surface area contributed by atoms with Crippen LogP contribution < -0.4 is 9.47 Å². The van der Waals surface area contributed by atoms with E-state index < -0.39 is 6.10 Å². The van der Waals surface area contributed by atoms with Gasteiger partial charge in [-0.05, 0) is 18.6 Å². The molecule has 0 amide bonds. The number of aliphatic hydroxyl groups excluding tert-OH is 1. The van der Waals surface area contributed by atoms with E-state index in [0.29, 0.717) is 17.7 Å². The van der Waals surface area contributed by atoms with Crippen molar-refractivity contribution >= 4 is 0 Å². The van der Waals surface area contributed by atoms with Crippen LogP contribution in [0.1, 0.15) is 25.0 Å². The van der Waals surface area contributed by atoms with Crippen LogP contribution in [0.4, 0.5) is 0 Å². The molecule has 0 radical (unpaired) electrons. The summed E-state index contributed by atoms with van der Waals surface area (Å²) in [7, 11) is 2.94. The van der Waals surface area contributed by atoms with Gasteiger partial charge in [-0.25, -0.2) is 0 Å². The Morgan fingerprint density at radius 1 is 1.27 bits per heavy atom. The summed E-state index contributed by atoms with van der Waals surface area (Å²) in [5.41, 5.74) is 0.454. The molecule has 0 bridgehead atoms. The van der Waals surface area contributed by atoms with Crippen molar-refractivity contribution < 1.29 is 19.7 Å². The monoisotopic (exact) mass is 212 g/mol. The number of benzene rings is 1. The van der Waals surface area contributed by atoms with Crippen LogP contribution in [0.3, 0.4) is 0 Å². The number of rotatable bonds is 4. The smallest absolute Gasteiger partial charge is 0.203 e. The highest BCUT2D eigenvalue weighted by molar-refractivity contribution is 5.55. The topological polar surface area (TPSA) is 58.9 Å². The summed E-state index contributed by atoms with van der Waals surface area (Å²) in [5.74, 6) is 0.635. The first-order valence-corrected chi connectivity index (χ1v) is 4.77. The predicted octanol–water partition coefficient (Wildman–Crippen LogP) is 1.85. The van der Waals surface area contributed by atoms with Crippen molar-refractivity contribution in [3.63, 3.8) is 0 Å². The number of hydrogen-bond acceptors (Lipinski definition) is 4. The Kier molecular flexibility index (Phi) is 3.80. The van der Waals surface area contributed by atoms with Crippen LogP contribution in [0.2, 0.25) is 0 Å². The molecule has 1 atom stereocenters. The van der Waals surface area contributed by atoms with Gasteiger partial charge in [-0.15, -0.1) is 0 Å². The summed E-state index contributed by atoms with van der Waals surface area (Å²) in [6.45, 7) is 1.83. The fourth-order valence-corrected chi connectivity index (χ4v) is 1.41. The minimum absolute atomic E-state index is 0.0637. The van der Waals surface area contributed by atoms with Crippen LogP contribution in [0, 0.1) is 0 Å². The van der Waals surface area contributed by atoms with Crippen LogP contribution in [0.15, 0.2) is 12.1 Å². The second kappa shape index (κ2) is 4.89. The van der Waals surface area contributed by atoms with Gasteiger partial charge < -0.3 is 19.7 Å². The zero-order chi connectivity index (χ0) is 11.4. The standard InChI is InChI=1S/C11H16O4/c1-4-8(12)7-5-6-9(14-2)11(15-3)10(7)13/h5-6,8,12-13H,4H2,1-3H3. The molecule has 0 aliphatic carbocycles.